The highest BCUT2D eigenvalue weighted by molar-refractivity contribution is 5.93. The Kier molecular flexibility index (Phi) is 4.63. The van der Waals surface area contributed by atoms with Crippen molar-refractivity contribution in [2.75, 3.05) is 19.6 Å². The van der Waals surface area contributed by atoms with Gasteiger partial charge in [-0.05, 0) is 19.8 Å². The molecule has 0 saturated carbocycles. The highest BCUT2D eigenvalue weighted by Crippen LogP contribution is 2.25. The number of amides is 2. The number of nitrogens with zero attached hydrogens (tertiary/aromatic N) is 6. The minimum atomic E-state index is -1.11. The van der Waals surface area contributed by atoms with Gasteiger partial charge >= 0.3 is 0 Å². The van der Waals surface area contributed by atoms with Gasteiger partial charge in [0, 0.05) is 19.5 Å². The third-order valence-electron chi connectivity index (χ3n) is 5.11. The first-order valence-corrected chi connectivity index (χ1v) is 9.07. The smallest absolute Gasteiger partial charge is 0.291 e. The number of carbonyl (C=O) groups is 2. The lowest BCUT2D eigenvalue weighted by molar-refractivity contribution is 0.0680. The summed E-state index contributed by atoms with van der Waals surface area (Å²) < 4.78 is 20.7. The van der Waals surface area contributed by atoms with Crippen LogP contribution in [0.2, 0.25) is 0 Å². The second-order valence-electron chi connectivity index (χ2n) is 7.04. The number of aryl methyl sites for hydroxylation is 1. The van der Waals surface area contributed by atoms with Crippen LogP contribution in [0.25, 0.3) is 0 Å². The molecule has 9 nitrogen and oxygen atoms in total. The van der Waals surface area contributed by atoms with E-state index >= 15 is 0 Å². The number of hydrogen-bond donors (Lipinski definition) is 0. The number of aromatic nitrogens is 4. The summed E-state index contributed by atoms with van der Waals surface area (Å²) in [4.78, 5) is 32.2. The Hall–Kier alpha value is -2.78. The van der Waals surface area contributed by atoms with Gasteiger partial charge in [0.2, 0.25) is 5.76 Å². The number of likely N-dealkylation sites (tertiary alicyclic amines) is 2. The molecule has 2 amide bonds. The van der Waals surface area contributed by atoms with Crippen molar-refractivity contribution in [3.05, 3.63) is 29.7 Å². The van der Waals surface area contributed by atoms with E-state index in [-0.39, 0.29) is 42.8 Å². The summed E-state index contributed by atoms with van der Waals surface area (Å²) in [6.45, 7) is 3.40. The maximum Gasteiger partial charge on any atom is 0.291 e. The summed E-state index contributed by atoms with van der Waals surface area (Å²) in [7, 11) is 0. The molecule has 10 heteroatoms. The van der Waals surface area contributed by atoms with Gasteiger partial charge in [-0.2, -0.15) is 0 Å². The number of carbonyl (C=O) groups excluding carboxylic acids is 2. The molecular formula is C17H21FN6O3. The Labute approximate surface area is 155 Å². The Bertz CT molecular complexity index is 843. The number of alkyl halides is 1. The SMILES string of the molecule is Cc1ncoc1C(=O)N1C[C@@H](F)C[C@H]1Cn1cc(C(=O)N2CCCC2)nn1. The molecule has 144 valence electrons. The van der Waals surface area contributed by atoms with E-state index < -0.39 is 12.2 Å². The maximum absolute atomic E-state index is 14.0. The normalized spacial score (nSPS) is 22.6. The topological polar surface area (TPSA) is 97.4 Å². The molecule has 4 heterocycles. The molecule has 2 aromatic heterocycles. The molecule has 0 aliphatic carbocycles. The number of rotatable bonds is 4. The van der Waals surface area contributed by atoms with Gasteiger partial charge in [0.25, 0.3) is 11.8 Å². The fraction of sp³-hybridized carbons (Fsp3) is 0.588. The molecule has 2 saturated heterocycles. The zero-order chi connectivity index (χ0) is 19.0. The van der Waals surface area contributed by atoms with Crippen LogP contribution in [-0.4, -0.2) is 73.4 Å². The first-order valence-electron chi connectivity index (χ1n) is 9.07. The van der Waals surface area contributed by atoms with E-state index in [4.69, 9.17) is 4.42 Å². The molecule has 2 aliphatic rings. The Balaban J connectivity index is 1.47. The van der Waals surface area contributed by atoms with Crippen LogP contribution in [0.3, 0.4) is 0 Å². The molecule has 0 aromatic carbocycles. The van der Waals surface area contributed by atoms with Gasteiger partial charge in [-0.3, -0.25) is 9.59 Å². The zero-order valence-electron chi connectivity index (χ0n) is 15.0. The molecule has 0 radical (unpaired) electrons. The lowest BCUT2D eigenvalue weighted by atomic mass is 10.2. The van der Waals surface area contributed by atoms with Crippen LogP contribution in [0, 0.1) is 6.92 Å². The van der Waals surface area contributed by atoms with E-state index in [0.717, 1.165) is 25.9 Å². The van der Waals surface area contributed by atoms with E-state index in [1.807, 2.05) is 0 Å². The van der Waals surface area contributed by atoms with Crippen LogP contribution >= 0.6 is 0 Å². The van der Waals surface area contributed by atoms with Crippen molar-refractivity contribution in [2.45, 2.75) is 44.9 Å². The second-order valence-corrected chi connectivity index (χ2v) is 7.04. The summed E-state index contributed by atoms with van der Waals surface area (Å²) in [5.41, 5.74) is 0.746. The summed E-state index contributed by atoms with van der Waals surface area (Å²) >= 11 is 0. The van der Waals surface area contributed by atoms with Crippen molar-refractivity contribution in [1.29, 1.82) is 0 Å². The minimum absolute atomic E-state index is 0.00208. The largest absolute Gasteiger partial charge is 0.438 e. The third kappa shape index (κ3) is 3.43. The Morgan fingerprint density at radius 1 is 1.30 bits per heavy atom. The van der Waals surface area contributed by atoms with Crippen molar-refractivity contribution in [2.24, 2.45) is 0 Å². The van der Waals surface area contributed by atoms with E-state index in [9.17, 15) is 14.0 Å². The molecule has 0 unspecified atom stereocenters. The monoisotopic (exact) mass is 376 g/mol. The number of halogens is 1. The summed E-state index contributed by atoms with van der Waals surface area (Å²) in [5, 5.41) is 7.95. The Morgan fingerprint density at radius 2 is 2.07 bits per heavy atom. The third-order valence-corrected chi connectivity index (χ3v) is 5.11. The molecule has 2 aromatic rings. The molecular weight excluding hydrogens is 355 g/mol. The molecule has 2 atom stereocenters. The molecule has 4 rings (SSSR count). The van der Waals surface area contributed by atoms with Gasteiger partial charge < -0.3 is 14.2 Å². The number of oxazole rings is 1. The lowest BCUT2D eigenvalue weighted by Crippen LogP contribution is -2.38. The van der Waals surface area contributed by atoms with Crippen LogP contribution in [0.4, 0.5) is 4.39 Å². The molecule has 27 heavy (non-hydrogen) atoms. The molecule has 0 spiro atoms. The predicted octanol–water partition coefficient (Wildman–Crippen LogP) is 1.06. The molecule has 2 aliphatic heterocycles. The van der Waals surface area contributed by atoms with E-state index in [0.29, 0.717) is 5.69 Å². The maximum atomic E-state index is 14.0. The summed E-state index contributed by atoms with van der Waals surface area (Å²) in [5.74, 6) is -0.403. The first-order chi connectivity index (χ1) is 13.0. The average molecular weight is 376 g/mol. The van der Waals surface area contributed by atoms with Crippen LogP contribution in [0.15, 0.2) is 17.0 Å². The quantitative estimate of drug-likeness (QED) is 0.792. The van der Waals surface area contributed by atoms with Crippen LogP contribution in [0.5, 0.6) is 0 Å². The second kappa shape index (κ2) is 7.09. The predicted molar refractivity (Wildman–Crippen MR) is 90.7 cm³/mol. The van der Waals surface area contributed by atoms with Gasteiger partial charge in [-0.15, -0.1) is 5.10 Å². The highest BCUT2D eigenvalue weighted by atomic mass is 19.1. The fourth-order valence-corrected chi connectivity index (χ4v) is 3.70. The van der Waals surface area contributed by atoms with E-state index in [2.05, 4.69) is 15.3 Å². The van der Waals surface area contributed by atoms with Crippen LogP contribution < -0.4 is 0 Å². The van der Waals surface area contributed by atoms with Crippen molar-refractivity contribution >= 4 is 11.8 Å². The van der Waals surface area contributed by atoms with E-state index in [1.54, 1.807) is 18.0 Å². The van der Waals surface area contributed by atoms with Crippen molar-refractivity contribution < 1.29 is 18.4 Å². The first kappa shape index (κ1) is 17.6. The van der Waals surface area contributed by atoms with Crippen molar-refractivity contribution in [3.8, 4) is 0 Å². The summed E-state index contributed by atoms with van der Waals surface area (Å²) in [6.07, 6.45) is 3.85. The Morgan fingerprint density at radius 3 is 2.78 bits per heavy atom. The fourth-order valence-electron chi connectivity index (χ4n) is 3.70. The van der Waals surface area contributed by atoms with E-state index in [1.165, 1.54) is 16.0 Å². The standard InChI is InChI=1S/C17H21FN6O3/c1-11-15(27-10-19-11)17(26)24-7-12(18)6-13(24)8-23-9-14(20-21-23)16(25)22-4-2-3-5-22/h9-10,12-13H,2-8H2,1H3/t12-,13-/m0/s1. The van der Waals surface area contributed by atoms with Gasteiger partial charge in [0.15, 0.2) is 12.1 Å². The van der Waals surface area contributed by atoms with Crippen molar-refractivity contribution in [3.63, 3.8) is 0 Å². The average Bonchev–Trinajstić information content (AvgIpc) is 3.41. The minimum Gasteiger partial charge on any atom is -0.438 e. The lowest BCUT2D eigenvalue weighted by Gasteiger charge is -2.23. The zero-order valence-corrected chi connectivity index (χ0v) is 15.0. The molecule has 0 N–H and O–H groups in total. The van der Waals surface area contributed by atoms with Gasteiger partial charge in [-0.1, -0.05) is 5.21 Å². The van der Waals surface area contributed by atoms with Gasteiger partial charge in [0.1, 0.15) is 6.17 Å². The highest BCUT2D eigenvalue weighted by Gasteiger charge is 2.38. The number of hydrogen-bond acceptors (Lipinski definition) is 6. The molecule has 2 fully saturated rings. The van der Waals surface area contributed by atoms with Gasteiger partial charge in [-0.25, -0.2) is 14.1 Å². The van der Waals surface area contributed by atoms with Gasteiger partial charge in [0.05, 0.1) is 31.0 Å². The summed E-state index contributed by atoms with van der Waals surface area (Å²) in [6, 6.07) is -0.395. The van der Waals surface area contributed by atoms with Crippen molar-refractivity contribution in [1.82, 2.24) is 29.8 Å². The van der Waals surface area contributed by atoms with Crippen LogP contribution in [0.1, 0.15) is 46.0 Å². The van der Waals surface area contributed by atoms with Crippen LogP contribution in [-0.2, 0) is 6.54 Å². The molecule has 0 bridgehead atoms.